The molecule has 4 amide bonds. The van der Waals surface area contributed by atoms with Crippen LogP contribution in [-0.2, 0) is 4.79 Å². The number of hydrogen-bond acceptors (Lipinski definition) is 5. The molecule has 0 saturated carbocycles. The second-order valence-electron chi connectivity index (χ2n) is 10.5. The molecule has 1 heterocycles. The number of guanidine groups is 1. The summed E-state index contributed by atoms with van der Waals surface area (Å²) in [5.41, 5.74) is 16.7. The Bertz CT molecular complexity index is 1860. The van der Waals surface area contributed by atoms with Crippen molar-refractivity contribution in [3.63, 3.8) is 0 Å². The van der Waals surface area contributed by atoms with Crippen molar-refractivity contribution in [2.45, 2.75) is 25.3 Å². The number of carbonyl (C=O) groups excluding carboxylic acids is 4. The summed E-state index contributed by atoms with van der Waals surface area (Å²) >= 11 is 0. The molecule has 0 aliphatic rings. The Morgan fingerprint density at radius 2 is 1.41 bits per heavy atom. The van der Waals surface area contributed by atoms with Gasteiger partial charge in [0, 0.05) is 18.7 Å². The molecule has 0 aliphatic carbocycles. The van der Waals surface area contributed by atoms with Crippen LogP contribution in [0.15, 0.2) is 71.7 Å². The van der Waals surface area contributed by atoms with Crippen LogP contribution in [0.1, 0.15) is 50.6 Å². The molecule has 0 radical (unpaired) electrons. The van der Waals surface area contributed by atoms with Gasteiger partial charge in [0.1, 0.15) is 17.4 Å². The molecular formula is C32H34N8O4. The van der Waals surface area contributed by atoms with Crippen molar-refractivity contribution in [1.29, 1.82) is 0 Å². The molecular weight excluding hydrogens is 560 g/mol. The van der Waals surface area contributed by atoms with Gasteiger partial charge >= 0.3 is 0 Å². The normalized spacial score (nSPS) is 11.8. The third-order valence-electron chi connectivity index (χ3n) is 7.44. The van der Waals surface area contributed by atoms with Crippen LogP contribution >= 0.6 is 0 Å². The van der Waals surface area contributed by atoms with E-state index in [9.17, 15) is 19.2 Å². The van der Waals surface area contributed by atoms with Gasteiger partial charge in [0.15, 0.2) is 5.96 Å². The van der Waals surface area contributed by atoms with Crippen molar-refractivity contribution in [1.82, 2.24) is 20.9 Å². The number of aliphatic imine (C=N–C) groups is 1. The number of rotatable bonds is 12. The highest BCUT2D eigenvalue weighted by Gasteiger charge is 2.22. The first kappa shape index (κ1) is 30.0. The quantitative estimate of drug-likeness (QED) is 0.0494. The lowest BCUT2D eigenvalue weighted by molar-refractivity contribution is -0.123. The van der Waals surface area contributed by atoms with E-state index in [1.54, 1.807) is 0 Å². The van der Waals surface area contributed by atoms with Gasteiger partial charge in [-0.2, -0.15) is 4.99 Å². The molecule has 5 aromatic rings. The Hall–Kier alpha value is -5.49. The molecule has 1 aromatic heterocycles. The zero-order valence-electron chi connectivity index (χ0n) is 24.0. The van der Waals surface area contributed by atoms with Gasteiger partial charge in [-0.1, -0.05) is 48.5 Å². The molecule has 10 N–H and O–H groups in total. The van der Waals surface area contributed by atoms with Gasteiger partial charge in [0.05, 0.1) is 0 Å². The highest BCUT2D eigenvalue weighted by Crippen LogP contribution is 2.35. The van der Waals surface area contributed by atoms with Gasteiger partial charge in [-0.25, -0.2) is 0 Å². The van der Waals surface area contributed by atoms with E-state index >= 15 is 0 Å². The lowest BCUT2D eigenvalue weighted by atomic mass is 9.92. The second-order valence-corrected chi connectivity index (χ2v) is 10.5. The van der Waals surface area contributed by atoms with Gasteiger partial charge in [0.25, 0.3) is 17.7 Å². The first-order chi connectivity index (χ1) is 21.3. The summed E-state index contributed by atoms with van der Waals surface area (Å²) in [6.45, 7) is 0.784. The average molecular weight is 595 g/mol. The van der Waals surface area contributed by atoms with E-state index in [4.69, 9.17) is 17.2 Å². The fourth-order valence-electron chi connectivity index (χ4n) is 5.34. The molecule has 0 aliphatic heterocycles. The Morgan fingerprint density at radius 1 is 0.750 bits per heavy atom. The number of unbranched alkanes of at least 4 members (excludes halogenated alkanes) is 1. The highest BCUT2D eigenvalue weighted by molar-refractivity contribution is 6.26. The van der Waals surface area contributed by atoms with Crippen molar-refractivity contribution in [2.75, 3.05) is 19.6 Å². The number of nitrogens with zero attached hydrogens (tertiary/aromatic N) is 1. The minimum absolute atomic E-state index is 0.0214. The van der Waals surface area contributed by atoms with Crippen LogP contribution in [0.2, 0.25) is 0 Å². The van der Waals surface area contributed by atoms with Crippen LogP contribution in [0.4, 0.5) is 0 Å². The third-order valence-corrected chi connectivity index (χ3v) is 7.44. The molecule has 1 atom stereocenters. The number of amides is 4. The highest BCUT2D eigenvalue weighted by atomic mass is 16.2. The van der Waals surface area contributed by atoms with Crippen molar-refractivity contribution in [3.05, 3.63) is 83.7 Å². The Balaban J connectivity index is 1.20. The minimum Gasteiger partial charge on any atom is -0.370 e. The zero-order valence-corrected chi connectivity index (χ0v) is 24.0. The van der Waals surface area contributed by atoms with Crippen molar-refractivity contribution in [2.24, 2.45) is 22.2 Å². The van der Waals surface area contributed by atoms with Crippen LogP contribution in [0.3, 0.4) is 0 Å². The summed E-state index contributed by atoms with van der Waals surface area (Å²) < 4.78 is 0. The van der Waals surface area contributed by atoms with Gasteiger partial charge in [-0.15, -0.1) is 0 Å². The summed E-state index contributed by atoms with van der Waals surface area (Å²) in [7, 11) is 0. The van der Waals surface area contributed by atoms with Gasteiger partial charge in [-0.05, 0) is 76.3 Å². The maximum atomic E-state index is 13.2. The Labute approximate surface area is 252 Å². The monoisotopic (exact) mass is 594 g/mol. The van der Waals surface area contributed by atoms with Crippen LogP contribution < -0.4 is 33.2 Å². The third kappa shape index (κ3) is 6.45. The predicted octanol–water partition coefficient (Wildman–Crippen LogP) is 2.10. The molecule has 0 unspecified atom stereocenters. The molecule has 0 spiro atoms. The van der Waals surface area contributed by atoms with Crippen LogP contribution in [0.5, 0.6) is 0 Å². The lowest BCUT2D eigenvalue weighted by Gasteiger charge is -2.18. The molecule has 12 nitrogen and oxygen atoms in total. The largest absolute Gasteiger partial charge is 0.370 e. The maximum absolute atomic E-state index is 13.2. The Kier molecular flexibility index (Phi) is 9.01. The number of benzene rings is 4. The van der Waals surface area contributed by atoms with E-state index < -0.39 is 29.7 Å². The smallest absolute Gasteiger partial charge is 0.296 e. The van der Waals surface area contributed by atoms with E-state index in [1.165, 1.54) is 12.1 Å². The number of aromatic amines is 1. The molecule has 4 aromatic carbocycles. The summed E-state index contributed by atoms with van der Waals surface area (Å²) in [6.07, 6.45) is 1.64. The first-order valence-corrected chi connectivity index (χ1v) is 14.3. The van der Waals surface area contributed by atoms with Crippen LogP contribution in [0, 0.1) is 0 Å². The fraction of sp³-hybridized carbons (Fsp3) is 0.219. The summed E-state index contributed by atoms with van der Waals surface area (Å²) in [6, 6.07) is 20.0. The minimum atomic E-state index is -0.859. The predicted molar refractivity (Wildman–Crippen MR) is 171 cm³/mol. The van der Waals surface area contributed by atoms with E-state index in [0.717, 1.165) is 32.3 Å². The number of nitrogens with two attached hydrogens (primary N) is 3. The molecule has 0 bridgehead atoms. The number of nitrogens with one attached hydrogen (secondary N) is 4. The van der Waals surface area contributed by atoms with E-state index in [1.807, 2.05) is 30.3 Å². The summed E-state index contributed by atoms with van der Waals surface area (Å²) in [4.78, 5) is 57.2. The van der Waals surface area contributed by atoms with Gasteiger partial charge in [-0.3, -0.25) is 19.2 Å². The molecule has 0 fully saturated rings. The molecule has 5 rings (SSSR count). The van der Waals surface area contributed by atoms with Crippen LogP contribution in [-0.4, -0.2) is 60.2 Å². The maximum Gasteiger partial charge on any atom is 0.296 e. The van der Waals surface area contributed by atoms with Gasteiger partial charge < -0.3 is 38.1 Å². The number of hydrogen-bond donors (Lipinski definition) is 7. The molecule has 12 heteroatoms. The topological polar surface area (TPSA) is 211 Å². The van der Waals surface area contributed by atoms with Gasteiger partial charge in [0.2, 0.25) is 5.91 Å². The fourth-order valence-corrected chi connectivity index (χ4v) is 5.34. The average Bonchev–Trinajstić information content (AvgIpc) is 3.52. The van der Waals surface area contributed by atoms with Crippen molar-refractivity contribution >= 4 is 61.9 Å². The SMILES string of the molecule is NCCCC[C@H](NC(=O)c1ccc(C(=O)N=C(N)N)[nH]1)C(=O)NCCNC(=O)c1ccc2ccc3cccc4ccc1c2c34. The van der Waals surface area contributed by atoms with Crippen molar-refractivity contribution < 1.29 is 19.2 Å². The summed E-state index contributed by atoms with van der Waals surface area (Å²) in [5.74, 6) is -2.37. The number of carbonyl (C=O) groups is 4. The molecule has 0 saturated heterocycles. The van der Waals surface area contributed by atoms with E-state index in [-0.39, 0.29) is 30.4 Å². The number of H-pyrrole nitrogens is 1. The van der Waals surface area contributed by atoms with E-state index in [0.29, 0.717) is 31.4 Å². The standard InChI is InChI=1S/C32H34N8O4/c33-15-2-1-6-23(39-30(43)24-13-14-25(38-24)31(44)40-32(34)35)29(42)37-17-16-36-28(41)22-12-10-20-8-7-18-4-3-5-19-9-11-21(22)27(20)26(18)19/h3-5,7-14,23,38H,1-2,6,15-17,33H2,(H,36,41)(H,37,42)(H,39,43)(H4,34,35,40,44)/t23-/m0/s1. The number of aromatic nitrogens is 1. The first-order valence-electron chi connectivity index (χ1n) is 14.3. The second kappa shape index (κ2) is 13.2. The summed E-state index contributed by atoms with van der Waals surface area (Å²) in [5, 5.41) is 14.7. The zero-order chi connectivity index (χ0) is 31.2. The van der Waals surface area contributed by atoms with E-state index in [2.05, 4.69) is 50.2 Å². The molecule has 44 heavy (non-hydrogen) atoms. The molecule has 226 valence electrons. The Morgan fingerprint density at radius 3 is 2.14 bits per heavy atom. The lowest BCUT2D eigenvalue weighted by Crippen LogP contribution is -2.48. The van der Waals surface area contributed by atoms with Crippen LogP contribution in [0.25, 0.3) is 32.3 Å². The van der Waals surface area contributed by atoms with Crippen molar-refractivity contribution in [3.8, 4) is 0 Å².